The van der Waals surface area contributed by atoms with Crippen molar-refractivity contribution in [3.8, 4) is 0 Å². The van der Waals surface area contributed by atoms with Crippen LogP contribution in [0.4, 0.5) is 0 Å². The Morgan fingerprint density at radius 2 is 2.28 bits per heavy atom. The first-order valence-electron chi connectivity index (χ1n) is 5.81. The summed E-state index contributed by atoms with van der Waals surface area (Å²) in [5, 5.41) is 7.48. The minimum absolute atomic E-state index is 0.158. The molecule has 1 heterocycles. The van der Waals surface area contributed by atoms with Crippen LogP contribution < -0.4 is 5.32 Å². The first-order valence-corrected chi connectivity index (χ1v) is 6.19. The number of rotatable bonds is 4. The smallest absolute Gasteiger partial charge is 0.258 e. The molecule has 0 saturated heterocycles. The number of halogens is 1. The summed E-state index contributed by atoms with van der Waals surface area (Å²) in [7, 11) is 1.83. The maximum absolute atomic E-state index is 12.1. The van der Waals surface area contributed by atoms with Crippen LogP contribution in [0.1, 0.15) is 36.8 Å². The van der Waals surface area contributed by atoms with Gasteiger partial charge in [-0.1, -0.05) is 24.6 Å². The van der Waals surface area contributed by atoms with E-state index < -0.39 is 0 Å². The molecule has 0 fully saturated rings. The van der Waals surface area contributed by atoms with E-state index in [2.05, 4.69) is 10.4 Å². The molecule has 0 spiro atoms. The standard InChI is InChI=1S/C13H18ClN3O/c1-5-10(14)7-9(3)16-13(18)11-8-15-17(4)12(11)6-2/h5,7-8H,6H2,1-4H3,(H,16,18). The lowest BCUT2D eigenvalue weighted by Gasteiger charge is -2.06. The number of aryl methyl sites for hydroxylation is 1. The van der Waals surface area contributed by atoms with E-state index in [0.717, 1.165) is 12.1 Å². The van der Waals surface area contributed by atoms with Crippen LogP contribution in [-0.4, -0.2) is 15.7 Å². The van der Waals surface area contributed by atoms with Gasteiger partial charge in [-0.3, -0.25) is 9.48 Å². The van der Waals surface area contributed by atoms with Crippen LogP contribution in [0, 0.1) is 0 Å². The van der Waals surface area contributed by atoms with Crippen molar-refractivity contribution in [1.82, 2.24) is 15.1 Å². The Balaban J connectivity index is 2.86. The second-order valence-electron chi connectivity index (χ2n) is 3.94. The Morgan fingerprint density at radius 3 is 2.83 bits per heavy atom. The summed E-state index contributed by atoms with van der Waals surface area (Å²) in [6.07, 6.45) is 5.82. The quantitative estimate of drug-likeness (QED) is 0.853. The van der Waals surface area contributed by atoms with Gasteiger partial charge in [0.1, 0.15) is 0 Å². The van der Waals surface area contributed by atoms with E-state index in [4.69, 9.17) is 11.6 Å². The highest BCUT2D eigenvalue weighted by Crippen LogP contribution is 2.10. The molecule has 0 aliphatic carbocycles. The van der Waals surface area contributed by atoms with Crippen LogP contribution in [0.5, 0.6) is 0 Å². The largest absolute Gasteiger partial charge is 0.326 e. The van der Waals surface area contributed by atoms with E-state index in [1.54, 1.807) is 30.0 Å². The van der Waals surface area contributed by atoms with Crippen molar-refractivity contribution in [2.45, 2.75) is 27.2 Å². The molecule has 5 heteroatoms. The minimum Gasteiger partial charge on any atom is -0.326 e. The van der Waals surface area contributed by atoms with Crippen molar-refractivity contribution in [1.29, 1.82) is 0 Å². The van der Waals surface area contributed by atoms with E-state index in [0.29, 0.717) is 16.3 Å². The van der Waals surface area contributed by atoms with Crippen molar-refractivity contribution in [3.63, 3.8) is 0 Å². The number of nitrogens with one attached hydrogen (secondary N) is 1. The van der Waals surface area contributed by atoms with Crippen LogP contribution in [-0.2, 0) is 13.5 Å². The molecular formula is C13H18ClN3O. The fourth-order valence-electron chi connectivity index (χ4n) is 1.64. The van der Waals surface area contributed by atoms with Crippen molar-refractivity contribution in [3.05, 3.63) is 40.3 Å². The van der Waals surface area contributed by atoms with Crippen LogP contribution in [0.15, 0.2) is 29.1 Å². The first-order chi connectivity index (χ1) is 8.49. The van der Waals surface area contributed by atoms with Gasteiger partial charge in [-0.25, -0.2) is 0 Å². The van der Waals surface area contributed by atoms with Crippen LogP contribution in [0.25, 0.3) is 0 Å². The van der Waals surface area contributed by atoms with Gasteiger partial charge in [-0.2, -0.15) is 5.10 Å². The molecule has 0 aromatic carbocycles. The number of allylic oxidation sites excluding steroid dienone is 4. The third kappa shape index (κ3) is 3.47. The molecule has 98 valence electrons. The van der Waals surface area contributed by atoms with Gasteiger partial charge >= 0.3 is 0 Å². The molecule has 4 nitrogen and oxygen atoms in total. The number of nitrogens with zero attached hydrogens (tertiary/aromatic N) is 2. The highest BCUT2D eigenvalue weighted by molar-refractivity contribution is 6.31. The van der Waals surface area contributed by atoms with Gasteiger partial charge in [0.25, 0.3) is 5.91 Å². The molecule has 18 heavy (non-hydrogen) atoms. The third-order valence-corrected chi connectivity index (χ3v) is 2.91. The summed E-state index contributed by atoms with van der Waals surface area (Å²) in [6, 6.07) is 0. The average molecular weight is 268 g/mol. The van der Waals surface area contributed by atoms with E-state index in [9.17, 15) is 4.79 Å². The Kier molecular flexibility index (Phi) is 5.16. The SMILES string of the molecule is CC=C(Cl)C=C(C)NC(=O)c1cnn(C)c1CC. The maximum atomic E-state index is 12.1. The predicted octanol–water partition coefficient (Wildman–Crippen LogP) is 2.76. The van der Waals surface area contributed by atoms with Gasteiger partial charge < -0.3 is 5.32 Å². The van der Waals surface area contributed by atoms with Crippen LogP contribution in [0.3, 0.4) is 0 Å². The summed E-state index contributed by atoms with van der Waals surface area (Å²) < 4.78 is 1.72. The number of hydrogen-bond acceptors (Lipinski definition) is 2. The number of aromatic nitrogens is 2. The lowest BCUT2D eigenvalue weighted by Crippen LogP contribution is -2.22. The predicted molar refractivity (Wildman–Crippen MR) is 73.4 cm³/mol. The van der Waals surface area contributed by atoms with Gasteiger partial charge in [-0.05, 0) is 26.3 Å². The zero-order valence-corrected chi connectivity index (χ0v) is 11.9. The van der Waals surface area contributed by atoms with Crippen molar-refractivity contribution < 1.29 is 4.79 Å². The number of hydrogen-bond donors (Lipinski definition) is 1. The number of carbonyl (C=O) groups excluding carboxylic acids is 1. The fraction of sp³-hybridized carbons (Fsp3) is 0.385. The van der Waals surface area contributed by atoms with E-state index in [1.165, 1.54) is 0 Å². The van der Waals surface area contributed by atoms with Gasteiger partial charge in [0.2, 0.25) is 0 Å². The highest BCUT2D eigenvalue weighted by atomic mass is 35.5. The fourth-order valence-corrected chi connectivity index (χ4v) is 1.81. The Bertz CT molecular complexity index is 500. The highest BCUT2D eigenvalue weighted by Gasteiger charge is 2.14. The maximum Gasteiger partial charge on any atom is 0.258 e. The molecule has 0 atom stereocenters. The average Bonchev–Trinajstić information content (AvgIpc) is 2.69. The molecule has 1 N–H and O–H groups in total. The summed E-state index contributed by atoms with van der Waals surface area (Å²) >= 11 is 5.87. The number of carbonyl (C=O) groups is 1. The van der Waals surface area contributed by atoms with Gasteiger partial charge in [0, 0.05) is 17.8 Å². The molecule has 0 aliphatic heterocycles. The summed E-state index contributed by atoms with van der Waals surface area (Å²) in [5.74, 6) is -0.158. The molecule has 1 rings (SSSR count). The molecule has 0 aliphatic rings. The molecule has 0 bridgehead atoms. The third-order valence-electron chi connectivity index (χ3n) is 2.58. The Hall–Kier alpha value is -1.55. The van der Waals surface area contributed by atoms with Crippen LogP contribution >= 0.6 is 11.6 Å². The second kappa shape index (κ2) is 6.40. The monoisotopic (exact) mass is 267 g/mol. The summed E-state index contributed by atoms with van der Waals surface area (Å²) in [6.45, 7) is 5.63. The van der Waals surface area contributed by atoms with Crippen molar-refractivity contribution in [2.24, 2.45) is 7.05 Å². The zero-order chi connectivity index (χ0) is 13.7. The molecule has 0 saturated carbocycles. The normalized spacial score (nSPS) is 12.7. The summed E-state index contributed by atoms with van der Waals surface area (Å²) in [4.78, 5) is 12.1. The topological polar surface area (TPSA) is 46.9 Å². The van der Waals surface area contributed by atoms with Crippen molar-refractivity contribution in [2.75, 3.05) is 0 Å². The van der Waals surface area contributed by atoms with E-state index >= 15 is 0 Å². The minimum atomic E-state index is -0.158. The van der Waals surface area contributed by atoms with Crippen LogP contribution in [0.2, 0.25) is 0 Å². The second-order valence-corrected chi connectivity index (χ2v) is 4.37. The van der Waals surface area contributed by atoms with Crippen molar-refractivity contribution >= 4 is 17.5 Å². The van der Waals surface area contributed by atoms with Gasteiger partial charge in [-0.15, -0.1) is 0 Å². The molecular weight excluding hydrogens is 250 g/mol. The number of amides is 1. The molecule has 1 amide bonds. The Labute approximate surface area is 112 Å². The Morgan fingerprint density at radius 1 is 1.61 bits per heavy atom. The van der Waals surface area contributed by atoms with Gasteiger partial charge in [0.15, 0.2) is 0 Å². The molecule has 1 aromatic heterocycles. The van der Waals surface area contributed by atoms with E-state index in [-0.39, 0.29) is 5.91 Å². The summed E-state index contributed by atoms with van der Waals surface area (Å²) in [5.41, 5.74) is 2.22. The molecule has 0 unspecified atom stereocenters. The zero-order valence-electron chi connectivity index (χ0n) is 11.1. The van der Waals surface area contributed by atoms with Gasteiger partial charge in [0.05, 0.1) is 17.5 Å². The molecule has 0 radical (unpaired) electrons. The molecule has 1 aromatic rings. The lowest BCUT2D eigenvalue weighted by molar-refractivity contribution is 0.0965. The first kappa shape index (κ1) is 14.5. The van der Waals surface area contributed by atoms with E-state index in [1.807, 2.05) is 20.9 Å². The lowest BCUT2D eigenvalue weighted by atomic mass is 10.2.